The molecule has 0 atom stereocenters. The van der Waals surface area contributed by atoms with Gasteiger partial charge >= 0.3 is 5.97 Å². The van der Waals surface area contributed by atoms with Crippen LogP contribution in [0.3, 0.4) is 0 Å². The van der Waals surface area contributed by atoms with Crippen LogP contribution in [-0.2, 0) is 0 Å². The van der Waals surface area contributed by atoms with Gasteiger partial charge in [0.05, 0.1) is 6.34 Å². The van der Waals surface area contributed by atoms with E-state index in [2.05, 4.69) is 15.7 Å². The molecule has 0 bridgehead atoms. The monoisotopic (exact) mass is 168 g/mol. The fourth-order valence-electron chi connectivity index (χ4n) is 0.410. The number of carboxylic acids is 1. The van der Waals surface area contributed by atoms with Gasteiger partial charge in [0.25, 0.3) is 0 Å². The van der Waals surface area contributed by atoms with Crippen LogP contribution in [0.4, 0.5) is 0 Å². The van der Waals surface area contributed by atoms with Gasteiger partial charge in [0.1, 0.15) is 0 Å². The van der Waals surface area contributed by atoms with Gasteiger partial charge in [-0.25, -0.2) is 14.8 Å². The molecule has 0 unspecified atom stereocenters. The fraction of sp³-hybridized carbons (Fsp3) is 0. The van der Waals surface area contributed by atoms with E-state index >= 15 is 0 Å². The van der Waals surface area contributed by atoms with E-state index in [-0.39, 0.29) is 5.82 Å². The molecule has 0 spiro atoms. The first-order chi connectivity index (χ1) is 5.72. The zero-order valence-corrected chi connectivity index (χ0v) is 6.14. The van der Waals surface area contributed by atoms with Crippen molar-refractivity contribution >= 4 is 12.3 Å². The van der Waals surface area contributed by atoms with Crippen molar-refractivity contribution < 1.29 is 9.90 Å². The van der Waals surface area contributed by atoms with Crippen molar-refractivity contribution in [1.29, 1.82) is 5.41 Å². The average Bonchev–Trinajstić information content (AvgIpc) is 2.07. The Labute approximate surface area is 68.6 Å². The molecule has 6 heteroatoms. The third-order valence-corrected chi connectivity index (χ3v) is 0.757. The number of nitrogens with two attached hydrogens (primary N) is 1. The maximum Gasteiger partial charge on any atom is 0.373 e. The largest absolute Gasteiger partial charge is 0.475 e. The van der Waals surface area contributed by atoms with E-state index in [9.17, 15) is 4.79 Å². The van der Waals surface area contributed by atoms with E-state index in [1.54, 1.807) is 6.07 Å². The summed E-state index contributed by atoms with van der Waals surface area (Å²) < 4.78 is 0. The van der Waals surface area contributed by atoms with Gasteiger partial charge < -0.3 is 10.8 Å². The second kappa shape index (κ2) is 5.78. The maximum atomic E-state index is 10.1. The molecule has 12 heavy (non-hydrogen) atoms. The Morgan fingerprint density at radius 1 is 1.58 bits per heavy atom. The summed E-state index contributed by atoms with van der Waals surface area (Å²) in [5.41, 5.74) is 4.39. The van der Waals surface area contributed by atoms with Crippen molar-refractivity contribution in [2.45, 2.75) is 0 Å². The van der Waals surface area contributed by atoms with Gasteiger partial charge in [-0.3, -0.25) is 5.41 Å². The van der Waals surface area contributed by atoms with Crippen LogP contribution in [-0.4, -0.2) is 27.4 Å². The predicted octanol–water partition coefficient (Wildman–Crippen LogP) is -0.273. The summed E-state index contributed by atoms with van der Waals surface area (Å²) in [6.45, 7) is 0. The molecule has 0 amide bonds. The Kier molecular flexibility index (Phi) is 4.83. The summed E-state index contributed by atoms with van der Waals surface area (Å²) in [6.07, 6.45) is 3.52. The molecular formula is C6H8N4O2. The second-order valence-corrected chi connectivity index (χ2v) is 1.54. The number of hydrogen-bond acceptors (Lipinski definition) is 4. The zero-order valence-electron chi connectivity index (χ0n) is 6.14. The van der Waals surface area contributed by atoms with Crippen LogP contribution in [0.25, 0.3) is 0 Å². The smallest absolute Gasteiger partial charge is 0.373 e. The van der Waals surface area contributed by atoms with E-state index in [0.29, 0.717) is 0 Å². The lowest BCUT2D eigenvalue weighted by Gasteiger charge is -1.86. The highest BCUT2D eigenvalue weighted by Gasteiger charge is 2.01. The highest BCUT2D eigenvalue weighted by atomic mass is 16.4. The van der Waals surface area contributed by atoms with E-state index in [1.165, 1.54) is 12.4 Å². The van der Waals surface area contributed by atoms with Gasteiger partial charge in [-0.1, -0.05) is 0 Å². The van der Waals surface area contributed by atoms with Crippen molar-refractivity contribution in [3.05, 3.63) is 24.3 Å². The molecule has 0 aromatic carbocycles. The molecule has 1 rings (SSSR count). The Bertz CT molecular complexity index is 249. The molecule has 1 aromatic heterocycles. The third-order valence-electron chi connectivity index (χ3n) is 0.757. The van der Waals surface area contributed by atoms with Gasteiger partial charge in [-0.2, -0.15) is 0 Å². The SMILES string of the molecule is N=CN.O=C(O)c1ncccn1. The Hall–Kier alpha value is -1.98. The molecular weight excluding hydrogens is 160 g/mol. The third kappa shape index (κ3) is 3.94. The number of aromatic carboxylic acids is 1. The first kappa shape index (κ1) is 10.0. The minimum Gasteiger partial charge on any atom is -0.475 e. The number of carboxylic acid groups (broad SMARTS) is 1. The van der Waals surface area contributed by atoms with Crippen molar-refractivity contribution in [3.63, 3.8) is 0 Å². The highest BCUT2D eigenvalue weighted by molar-refractivity contribution is 5.82. The molecule has 64 valence electrons. The van der Waals surface area contributed by atoms with Crippen LogP contribution in [0, 0.1) is 5.41 Å². The molecule has 6 nitrogen and oxygen atoms in total. The minimum atomic E-state index is -1.10. The van der Waals surface area contributed by atoms with Crippen molar-refractivity contribution in [1.82, 2.24) is 9.97 Å². The molecule has 0 radical (unpaired) electrons. The molecule has 4 N–H and O–H groups in total. The summed E-state index contributed by atoms with van der Waals surface area (Å²) in [6, 6.07) is 1.56. The van der Waals surface area contributed by atoms with Gasteiger partial charge in [0.2, 0.25) is 5.82 Å². The van der Waals surface area contributed by atoms with Crippen molar-refractivity contribution in [3.8, 4) is 0 Å². The Morgan fingerprint density at radius 3 is 2.25 bits per heavy atom. The molecule has 0 aliphatic carbocycles. The first-order valence-electron chi connectivity index (χ1n) is 2.93. The Morgan fingerprint density at radius 2 is 2.00 bits per heavy atom. The minimum absolute atomic E-state index is 0.169. The van der Waals surface area contributed by atoms with Crippen LogP contribution in [0.5, 0.6) is 0 Å². The van der Waals surface area contributed by atoms with Gasteiger partial charge in [-0.05, 0) is 6.07 Å². The molecule has 0 fully saturated rings. The quantitative estimate of drug-likeness (QED) is 0.394. The molecule has 1 heterocycles. The number of carbonyl (C=O) groups is 1. The number of rotatable bonds is 1. The van der Waals surface area contributed by atoms with Crippen LogP contribution in [0.1, 0.15) is 10.6 Å². The molecule has 0 aliphatic heterocycles. The summed E-state index contributed by atoms with van der Waals surface area (Å²) >= 11 is 0. The fourth-order valence-corrected chi connectivity index (χ4v) is 0.410. The summed E-state index contributed by atoms with van der Waals surface area (Å²) in [7, 11) is 0. The lowest BCUT2D eigenvalue weighted by molar-refractivity contribution is 0.0683. The highest BCUT2D eigenvalue weighted by Crippen LogP contribution is 1.84. The van der Waals surface area contributed by atoms with E-state index in [4.69, 9.17) is 10.5 Å². The van der Waals surface area contributed by atoms with E-state index in [1.807, 2.05) is 0 Å². The number of nitrogens with one attached hydrogen (secondary N) is 1. The van der Waals surface area contributed by atoms with Crippen molar-refractivity contribution in [2.75, 3.05) is 0 Å². The lowest BCUT2D eigenvalue weighted by atomic mass is 10.6. The topological polar surface area (TPSA) is 113 Å². The maximum absolute atomic E-state index is 10.1. The van der Waals surface area contributed by atoms with Gasteiger partial charge in [0, 0.05) is 12.4 Å². The molecule has 1 aromatic rings. The van der Waals surface area contributed by atoms with Gasteiger partial charge in [-0.15, -0.1) is 0 Å². The molecule has 0 aliphatic rings. The summed E-state index contributed by atoms with van der Waals surface area (Å²) in [5, 5.41) is 14.1. The summed E-state index contributed by atoms with van der Waals surface area (Å²) in [5.74, 6) is -1.27. The number of aromatic nitrogens is 2. The van der Waals surface area contributed by atoms with Crippen LogP contribution < -0.4 is 5.73 Å². The average molecular weight is 168 g/mol. The van der Waals surface area contributed by atoms with Crippen LogP contribution >= 0.6 is 0 Å². The lowest BCUT2D eigenvalue weighted by Crippen LogP contribution is -2.01. The van der Waals surface area contributed by atoms with Gasteiger partial charge in [0.15, 0.2) is 0 Å². The zero-order chi connectivity index (χ0) is 9.40. The van der Waals surface area contributed by atoms with Crippen LogP contribution in [0.15, 0.2) is 18.5 Å². The standard InChI is InChI=1S/C5H4N2O2.CH4N2/c8-5(9)4-6-2-1-3-7-4;2-1-3/h1-3H,(H,8,9);1H,(H3,2,3). The van der Waals surface area contributed by atoms with E-state index in [0.717, 1.165) is 6.34 Å². The molecule has 0 saturated carbocycles. The second-order valence-electron chi connectivity index (χ2n) is 1.54. The number of nitrogens with zero attached hydrogens (tertiary/aromatic N) is 2. The molecule has 0 saturated heterocycles. The van der Waals surface area contributed by atoms with Crippen molar-refractivity contribution in [2.24, 2.45) is 5.73 Å². The predicted molar refractivity (Wildman–Crippen MR) is 42.0 cm³/mol. The Balaban J connectivity index is 0.000000354. The van der Waals surface area contributed by atoms with E-state index < -0.39 is 5.97 Å². The van der Waals surface area contributed by atoms with Crippen LogP contribution in [0.2, 0.25) is 0 Å². The summed E-state index contributed by atoms with van der Waals surface area (Å²) in [4.78, 5) is 17.0. The number of hydrogen-bond donors (Lipinski definition) is 3. The first-order valence-corrected chi connectivity index (χ1v) is 2.93. The normalized spacial score (nSPS) is 7.67.